The number of rotatable bonds is 6. The maximum absolute atomic E-state index is 13.1. The summed E-state index contributed by atoms with van der Waals surface area (Å²) in [6.07, 6.45) is 3.19. The van der Waals surface area contributed by atoms with Crippen LogP contribution in [0.4, 0.5) is 11.5 Å². The van der Waals surface area contributed by atoms with Crippen LogP contribution < -0.4 is 20.7 Å². The van der Waals surface area contributed by atoms with Crippen molar-refractivity contribution >= 4 is 36.4 Å². The molecule has 1 aromatic heterocycles. The number of methoxy groups -OCH3 is 2. The van der Waals surface area contributed by atoms with E-state index in [1.807, 2.05) is 31.8 Å². The van der Waals surface area contributed by atoms with Gasteiger partial charge >= 0.3 is 0 Å². The molecule has 0 unspecified atom stereocenters. The third-order valence-corrected chi connectivity index (χ3v) is 5.01. The van der Waals surface area contributed by atoms with E-state index in [0.717, 1.165) is 35.3 Å². The van der Waals surface area contributed by atoms with E-state index in [2.05, 4.69) is 4.98 Å². The van der Waals surface area contributed by atoms with Crippen LogP contribution in [0.2, 0.25) is 5.15 Å². The van der Waals surface area contributed by atoms with Gasteiger partial charge in [0.25, 0.3) is 5.56 Å². The molecule has 0 saturated carbocycles. The summed E-state index contributed by atoms with van der Waals surface area (Å²) in [5.74, 6) is 1.18. The SMILES string of the molecule is Bc1cc(OC)cc2c1N(c1nc(Cl)cn([C@H](CC)COC)c1=O)CC2. The fraction of sp³-hybridized carbons (Fsp3) is 0.444. The average molecular weight is 376 g/mol. The normalized spacial score (nSPS) is 14.4. The third kappa shape index (κ3) is 3.33. The summed E-state index contributed by atoms with van der Waals surface area (Å²) in [6, 6.07) is 3.91. The predicted octanol–water partition coefficient (Wildman–Crippen LogP) is 1.46. The summed E-state index contributed by atoms with van der Waals surface area (Å²) in [4.78, 5) is 19.5. The summed E-state index contributed by atoms with van der Waals surface area (Å²) in [5, 5.41) is 0.300. The zero-order valence-electron chi connectivity index (χ0n) is 15.6. The molecule has 2 aromatic rings. The quantitative estimate of drug-likeness (QED) is 0.716. The molecule has 2 heterocycles. The minimum absolute atomic E-state index is 0.0780. The van der Waals surface area contributed by atoms with E-state index in [4.69, 9.17) is 21.1 Å². The molecule has 0 spiro atoms. The summed E-state index contributed by atoms with van der Waals surface area (Å²) >= 11 is 6.26. The maximum Gasteiger partial charge on any atom is 0.294 e. The van der Waals surface area contributed by atoms with Gasteiger partial charge in [-0.05, 0) is 30.5 Å². The molecule has 1 aliphatic heterocycles. The van der Waals surface area contributed by atoms with Gasteiger partial charge in [0.1, 0.15) is 18.7 Å². The Morgan fingerprint density at radius 1 is 1.38 bits per heavy atom. The van der Waals surface area contributed by atoms with Crippen LogP contribution >= 0.6 is 11.6 Å². The second-order valence-corrected chi connectivity index (χ2v) is 6.86. The molecule has 0 amide bonds. The van der Waals surface area contributed by atoms with Crippen LogP contribution in [0.1, 0.15) is 24.9 Å². The molecule has 1 aromatic carbocycles. The average Bonchev–Trinajstić information content (AvgIpc) is 3.05. The first-order chi connectivity index (χ1) is 12.5. The lowest BCUT2D eigenvalue weighted by atomic mass is 9.91. The van der Waals surface area contributed by atoms with Crippen LogP contribution in [0, 0.1) is 0 Å². The van der Waals surface area contributed by atoms with E-state index in [-0.39, 0.29) is 11.6 Å². The molecule has 0 bridgehead atoms. The van der Waals surface area contributed by atoms with E-state index in [1.54, 1.807) is 25.0 Å². The Kier molecular flexibility index (Phi) is 5.58. The Labute approximate surface area is 159 Å². The monoisotopic (exact) mass is 375 g/mol. The zero-order chi connectivity index (χ0) is 18.8. The van der Waals surface area contributed by atoms with Crippen molar-refractivity contribution in [2.24, 2.45) is 0 Å². The molecule has 0 radical (unpaired) electrons. The first kappa shape index (κ1) is 18.8. The Hall–Kier alpha value is -1.99. The molecule has 0 fully saturated rings. The van der Waals surface area contributed by atoms with Crippen molar-refractivity contribution in [2.45, 2.75) is 25.8 Å². The number of hydrogen-bond acceptors (Lipinski definition) is 5. The van der Waals surface area contributed by atoms with Gasteiger partial charge in [0.15, 0.2) is 0 Å². The fourth-order valence-corrected chi connectivity index (χ4v) is 3.75. The summed E-state index contributed by atoms with van der Waals surface area (Å²) < 4.78 is 12.3. The van der Waals surface area contributed by atoms with Gasteiger partial charge in [-0.25, -0.2) is 4.98 Å². The van der Waals surface area contributed by atoms with Crippen LogP contribution in [0.3, 0.4) is 0 Å². The van der Waals surface area contributed by atoms with E-state index >= 15 is 0 Å². The Morgan fingerprint density at radius 3 is 2.81 bits per heavy atom. The highest BCUT2D eigenvalue weighted by Crippen LogP contribution is 2.33. The molecule has 0 aliphatic carbocycles. The Balaban J connectivity index is 2.10. The second-order valence-electron chi connectivity index (χ2n) is 6.47. The highest BCUT2D eigenvalue weighted by atomic mass is 35.5. The minimum Gasteiger partial charge on any atom is -0.497 e. The van der Waals surface area contributed by atoms with Gasteiger partial charge in [0, 0.05) is 25.5 Å². The van der Waals surface area contributed by atoms with Gasteiger partial charge in [-0.15, -0.1) is 0 Å². The van der Waals surface area contributed by atoms with E-state index in [0.29, 0.717) is 24.1 Å². The first-order valence-electron chi connectivity index (χ1n) is 8.72. The lowest BCUT2D eigenvalue weighted by Crippen LogP contribution is -2.34. The number of anilines is 2. The van der Waals surface area contributed by atoms with Crippen molar-refractivity contribution in [1.29, 1.82) is 0 Å². The minimum atomic E-state index is -0.152. The van der Waals surface area contributed by atoms with Crippen LogP contribution in [0.5, 0.6) is 5.75 Å². The molecule has 3 rings (SSSR count). The maximum atomic E-state index is 13.1. The Bertz CT molecular complexity index is 871. The third-order valence-electron chi connectivity index (χ3n) is 4.83. The molecule has 1 aliphatic rings. The largest absolute Gasteiger partial charge is 0.497 e. The Morgan fingerprint density at radius 2 is 2.15 bits per heavy atom. The lowest BCUT2D eigenvalue weighted by Gasteiger charge is -2.23. The van der Waals surface area contributed by atoms with Crippen molar-refractivity contribution in [3.8, 4) is 5.75 Å². The van der Waals surface area contributed by atoms with Gasteiger partial charge in [-0.3, -0.25) is 4.79 Å². The van der Waals surface area contributed by atoms with Crippen molar-refractivity contribution in [3.63, 3.8) is 0 Å². The summed E-state index contributed by atoms with van der Waals surface area (Å²) in [7, 11) is 5.30. The topological polar surface area (TPSA) is 56.6 Å². The highest BCUT2D eigenvalue weighted by molar-refractivity contribution is 6.36. The standard InChI is InChI=1S/C18H23BClN3O3/c1-4-12(10-25-2)23-9-15(20)21-17(18(23)24)22-6-5-11-7-13(26-3)8-14(19)16(11)22/h7-9,12H,4-6,10,19H2,1-3H3/t12-/m1/s1. The molecule has 0 saturated heterocycles. The van der Waals surface area contributed by atoms with Gasteiger partial charge in [-0.1, -0.05) is 24.0 Å². The van der Waals surface area contributed by atoms with Gasteiger partial charge in [0.2, 0.25) is 5.82 Å². The van der Waals surface area contributed by atoms with Crippen molar-refractivity contribution < 1.29 is 9.47 Å². The van der Waals surface area contributed by atoms with Gasteiger partial charge in [-0.2, -0.15) is 0 Å². The van der Waals surface area contributed by atoms with Crippen LogP contribution in [0.25, 0.3) is 0 Å². The fourth-order valence-electron chi connectivity index (χ4n) is 3.57. The number of hydrogen-bond donors (Lipinski definition) is 0. The molecule has 26 heavy (non-hydrogen) atoms. The second kappa shape index (κ2) is 7.72. The predicted molar refractivity (Wildman–Crippen MR) is 107 cm³/mol. The number of ether oxygens (including phenoxy) is 2. The molecular formula is C18H23BClN3O3. The van der Waals surface area contributed by atoms with Crippen molar-refractivity contribution in [2.75, 3.05) is 32.3 Å². The number of nitrogens with zero attached hydrogens (tertiary/aromatic N) is 3. The van der Waals surface area contributed by atoms with Crippen LogP contribution in [-0.2, 0) is 11.2 Å². The molecule has 6 nitrogen and oxygen atoms in total. The molecular weight excluding hydrogens is 352 g/mol. The zero-order valence-corrected chi connectivity index (χ0v) is 16.3. The number of benzene rings is 1. The summed E-state index contributed by atoms with van der Waals surface area (Å²) in [5.41, 5.74) is 3.07. The van der Waals surface area contributed by atoms with E-state index in [9.17, 15) is 4.79 Å². The number of halogens is 1. The lowest BCUT2D eigenvalue weighted by molar-refractivity contribution is 0.151. The molecule has 138 valence electrons. The first-order valence-corrected chi connectivity index (χ1v) is 9.10. The smallest absolute Gasteiger partial charge is 0.294 e. The summed E-state index contributed by atoms with van der Waals surface area (Å²) in [6.45, 7) is 3.15. The van der Waals surface area contributed by atoms with Gasteiger partial charge in [0.05, 0.1) is 19.8 Å². The van der Waals surface area contributed by atoms with E-state index < -0.39 is 0 Å². The highest BCUT2D eigenvalue weighted by Gasteiger charge is 2.28. The molecule has 1 atom stereocenters. The molecule has 8 heteroatoms. The van der Waals surface area contributed by atoms with E-state index in [1.165, 1.54) is 0 Å². The van der Waals surface area contributed by atoms with Crippen molar-refractivity contribution in [3.05, 3.63) is 39.4 Å². The van der Waals surface area contributed by atoms with Crippen LogP contribution in [0.15, 0.2) is 23.1 Å². The van der Waals surface area contributed by atoms with Crippen molar-refractivity contribution in [1.82, 2.24) is 9.55 Å². The molecule has 0 N–H and O–H groups in total. The number of aromatic nitrogens is 2. The van der Waals surface area contributed by atoms with Crippen LogP contribution in [-0.4, -0.2) is 44.8 Å². The number of fused-ring (bicyclic) bond motifs is 1. The van der Waals surface area contributed by atoms with Gasteiger partial charge < -0.3 is 18.9 Å².